The summed E-state index contributed by atoms with van der Waals surface area (Å²) in [5, 5.41) is 38.6. The molecule has 0 radical (unpaired) electrons. The number of nitro groups is 1. The molecule has 0 spiro atoms. The third-order valence-electron chi connectivity index (χ3n) is 3.17. The third-order valence-corrected chi connectivity index (χ3v) is 3.17. The largest absolute Gasteiger partial charge is 0.480 e. The van der Waals surface area contributed by atoms with Crippen molar-refractivity contribution < 1.29 is 19.9 Å². The minimum Gasteiger partial charge on any atom is -0.480 e. The van der Waals surface area contributed by atoms with E-state index in [1.54, 1.807) is 0 Å². The molecule has 1 fully saturated rings. The third kappa shape index (κ3) is 2.39. The number of aliphatic hydroxyl groups is 1. The molecule has 1 aliphatic rings. The van der Waals surface area contributed by atoms with Crippen molar-refractivity contribution in [3.8, 4) is 6.07 Å². The molecule has 0 saturated carbocycles. The maximum atomic E-state index is 11.2. The minimum atomic E-state index is -1.17. The van der Waals surface area contributed by atoms with E-state index in [4.69, 9.17) is 10.4 Å². The standard InChI is InChI=1S/C12H11N3O5/c13-5-7-1-2-9(15(19)20)10(3-7)14-6-8(16)4-11(14)12(17)18/h1-3,8,11,16H,4,6H2,(H,17,18). The van der Waals surface area contributed by atoms with Crippen LogP contribution in [0.1, 0.15) is 12.0 Å². The van der Waals surface area contributed by atoms with Crippen LogP contribution in [-0.2, 0) is 4.79 Å². The van der Waals surface area contributed by atoms with Crippen molar-refractivity contribution >= 4 is 17.3 Å². The lowest BCUT2D eigenvalue weighted by atomic mass is 10.1. The van der Waals surface area contributed by atoms with Crippen LogP contribution in [0.5, 0.6) is 0 Å². The van der Waals surface area contributed by atoms with Gasteiger partial charge in [0.15, 0.2) is 0 Å². The van der Waals surface area contributed by atoms with Crippen LogP contribution in [0.3, 0.4) is 0 Å². The summed E-state index contributed by atoms with van der Waals surface area (Å²) < 4.78 is 0. The fraction of sp³-hybridized carbons (Fsp3) is 0.333. The zero-order valence-electron chi connectivity index (χ0n) is 10.3. The molecule has 0 amide bonds. The van der Waals surface area contributed by atoms with Crippen LogP contribution in [0.4, 0.5) is 11.4 Å². The van der Waals surface area contributed by atoms with Gasteiger partial charge >= 0.3 is 5.97 Å². The highest BCUT2D eigenvalue weighted by molar-refractivity contribution is 5.81. The van der Waals surface area contributed by atoms with Gasteiger partial charge < -0.3 is 15.1 Å². The van der Waals surface area contributed by atoms with Gasteiger partial charge in [0.1, 0.15) is 11.7 Å². The van der Waals surface area contributed by atoms with Gasteiger partial charge in [-0.1, -0.05) is 0 Å². The number of nitro benzene ring substituents is 1. The molecule has 2 N–H and O–H groups in total. The van der Waals surface area contributed by atoms with E-state index in [0.29, 0.717) is 0 Å². The summed E-state index contributed by atoms with van der Waals surface area (Å²) in [6, 6.07) is 4.54. The Labute approximate surface area is 113 Å². The highest BCUT2D eigenvalue weighted by atomic mass is 16.6. The molecular formula is C12H11N3O5. The summed E-state index contributed by atoms with van der Waals surface area (Å²) in [6.07, 6.45) is -0.884. The Kier molecular flexibility index (Phi) is 3.54. The number of anilines is 1. The van der Waals surface area contributed by atoms with E-state index < -0.39 is 23.0 Å². The van der Waals surface area contributed by atoms with Gasteiger partial charge in [-0.3, -0.25) is 10.1 Å². The Bertz CT molecular complexity index is 610. The number of hydrogen-bond donors (Lipinski definition) is 2. The summed E-state index contributed by atoms with van der Waals surface area (Å²) in [6.45, 7) is -0.0211. The first-order valence-corrected chi connectivity index (χ1v) is 5.80. The minimum absolute atomic E-state index is 0.0106. The first kappa shape index (κ1) is 13.8. The molecule has 8 nitrogen and oxygen atoms in total. The Morgan fingerprint density at radius 1 is 1.55 bits per heavy atom. The molecule has 2 unspecified atom stereocenters. The second-order valence-corrected chi connectivity index (χ2v) is 4.47. The average Bonchev–Trinajstić information content (AvgIpc) is 2.80. The Morgan fingerprint density at radius 2 is 2.25 bits per heavy atom. The summed E-state index contributed by atoms with van der Waals surface area (Å²) in [4.78, 5) is 22.8. The topological polar surface area (TPSA) is 128 Å². The quantitative estimate of drug-likeness (QED) is 0.607. The van der Waals surface area contributed by atoms with Crippen molar-refractivity contribution in [2.24, 2.45) is 0 Å². The highest BCUT2D eigenvalue weighted by Crippen LogP contribution is 2.34. The maximum Gasteiger partial charge on any atom is 0.326 e. The predicted octanol–water partition coefficient (Wildman–Crippen LogP) is 0.491. The smallest absolute Gasteiger partial charge is 0.326 e. The van der Waals surface area contributed by atoms with Crippen molar-refractivity contribution in [3.05, 3.63) is 33.9 Å². The number of benzene rings is 1. The number of aliphatic hydroxyl groups excluding tert-OH is 1. The van der Waals surface area contributed by atoms with E-state index in [9.17, 15) is 20.0 Å². The van der Waals surface area contributed by atoms with Crippen molar-refractivity contribution in [1.82, 2.24) is 0 Å². The maximum absolute atomic E-state index is 11.2. The van der Waals surface area contributed by atoms with Crippen molar-refractivity contribution in [1.29, 1.82) is 5.26 Å². The van der Waals surface area contributed by atoms with Gasteiger partial charge in [-0.15, -0.1) is 0 Å². The van der Waals surface area contributed by atoms with E-state index >= 15 is 0 Å². The molecule has 8 heteroatoms. The number of nitrogens with zero attached hydrogens (tertiary/aromatic N) is 3. The van der Waals surface area contributed by atoms with Crippen LogP contribution < -0.4 is 4.90 Å². The predicted molar refractivity (Wildman–Crippen MR) is 67.2 cm³/mol. The molecule has 0 bridgehead atoms. The van der Waals surface area contributed by atoms with Crippen molar-refractivity contribution in [2.45, 2.75) is 18.6 Å². The molecule has 0 aliphatic carbocycles. The number of carboxylic acids is 1. The first-order valence-electron chi connectivity index (χ1n) is 5.80. The van der Waals surface area contributed by atoms with Gasteiger partial charge in [0.2, 0.25) is 0 Å². The number of carbonyl (C=O) groups is 1. The van der Waals surface area contributed by atoms with Gasteiger partial charge in [-0.25, -0.2) is 4.79 Å². The van der Waals surface area contributed by atoms with Crippen LogP contribution >= 0.6 is 0 Å². The number of β-amino-alcohol motifs (C(OH)–C–C–N with tert-alkyl or cyclic N) is 1. The number of aliphatic carboxylic acids is 1. The summed E-state index contributed by atoms with van der Waals surface area (Å²) in [5.41, 5.74) is -0.0570. The zero-order chi connectivity index (χ0) is 14.9. The van der Waals surface area contributed by atoms with Gasteiger partial charge in [-0.2, -0.15) is 5.26 Å². The van der Waals surface area contributed by atoms with Gasteiger partial charge in [0.05, 0.1) is 22.7 Å². The summed E-state index contributed by atoms with van der Waals surface area (Å²) in [7, 11) is 0. The van der Waals surface area contributed by atoms with E-state index in [1.807, 2.05) is 6.07 Å². The summed E-state index contributed by atoms with van der Waals surface area (Å²) >= 11 is 0. The zero-order valence-corrected chi connectivity index (χ0v) is 10.3. The molecular weight excluding hydrogens is 266 g/mol. The molecule has 104 valence electrons. The van der Waals surface area contributed by atoms with Crippen LogP contribution in [0.25, 0.3) is 0 Å². The van der Waals surface area contributed by atoms with Gasteiger partial charge in [0.25, 0.3) is 5.69 Å². The molecule has 2 rings (SSSR count). The number of carboxylic acid groups (broad SMARTS) is 1. The second kappa shape index (κ2) is 5.14. The lowest BCUT2D eigenvalue weighted by Gasteiger charge is -2.23. The van der Waals surface area contributed by atoms with Crippen molar-refractivity contribution in [2.75, 3.05) is 11.4 Å². The van der Waals surface area contributed by atoms with Crippen LogP contribution in [-0.4, -0.2) is 39.8 Å². The second-order valence-electron chi connectivity index (χ2n) is 4.47. The highest BCUT2D eigenvalue weighted by Gasteiger charge is 2.38. The van der Waals surface area contributed by atoms with E-state index in [-0.39, 0.29) is 29.9 Å². The molecule has 0 aromatic heterocycles. The molecule has 20 heavy (non-hydrogen) atoms. The molecule has 1 aromatic rings. The van der Waals surface area contributed by atoms with Crippen LogP contribution in [0.15, 0.2) is 18.2 Å². The fourth-order valence-corrected chi connectivity index (χ4v) is 2.29. The molecule has 1 aliphatic heterocycles. The van der Waals surface area contributed by atoms with Crippen LogP contribution in [0.2, 0.25) is 0 Å². The molecule has 2 atom stereocenters. The first-order chi connectivity index (χ1) is 9.43. The fourth-order valence-electron chi connectivity index (χ4n) is 2.29. The Hall–Kier alpha value is -2.66. The van der Waals surface area contributed by atoms with Gasteiger partial charge in [-0.05, 0) is 12.1 Å². The SMILES string of the molecule is N#Cc1ccc([N+](=O)[O-])c(N2CC(O)CC2C(=O)O)c1. The van der Waals surface area contributed by atoms with Gasteiger partial charge in [0, 0.05) is 19.0 Å². The van der Waals surface area contributed by atoms with E-state index in [2.05, 4.69) is 0 Å². The molecule has 1 saturated heterocycles. The average molecular weight is 277 g/mol. The number of hydrogen-bond acceptors (Lipinski definition) is 6. The number of nitriles is 1. The number of rotatable bonds is 3. The monoisotopic (exact) mass is 277 g/mol. The summed E-state index contributed by atoms with van der Waals surface area (Å²) in [5.74, 6) is -1.17. The van der Waals surface area contributed by atoms with Crippen molar-refractivity contribution in [3.63, 3.8) is 0 Å². The Morgan fingerprint density at radius 3 is 2.80 bits per heavy atom. The Balaban J connectivity index is 2.52. The molecule has 1 heterocycles. The van der Waals surface area contributed by atoms with E-state index in [0.717, 1.165) is 6.07 Å². The van der Waals surface area contributed by atoms with Crippen LogP contribution in [0, 0.1) is 21.4 Å². The normalized spacial score (nSPS) is 21.5. The lowest BCUT2D eigenvalue weighted by molar-refractivity contribution is -0.384. The lowest BCUT2D eigenvalue weighted by Crippen LogP contribution is -2.36. The molecule has 1 aromatic carbocycles. The van der Waals surface area contributed by atoms with E-state index in [1.165, 1.54) is 17.0 Å².